The van der Waals surface area contributed by atoms with Crippen molar-refractivity contribution >= 4 is 16.8 Å². The number of hydrogen-bond donors (Lipinski definition) is 2. The number of methoxy groups -OCH3 is 1. The van der Waals surface area contributed by atoms with Crippen LogP contribution in [0.25, 0.3) is 10.9 Å². The van der Waals surface area contributed by atoms with Crippen molar-refractivity contribution in [2.45, 2.75) is 45.6 Å². The molecule has 0 aliphatic heterocycles. The van der Waals surface area contributed by atoms with Gasteiger partial charge in [0.2, 0.25) is 5.91 Å². The number of carbonyl (C=O) groups excluding carboxylic acids is 1. The van der Waals surface area contributed by atoms with Crippen LogP contribution in [0.15, 0.2) is 22.7 Å². The number of nitrogens with one attached hydrogen (secondary N) is 2. The van der Waals surface area contributed by atoms with Gasteiger partial charge in [-0.3, -0.25) is 4.79 Å². The van der Waals surface area contributed by atoms with Gasteiger partial charge in [-0.2, -0.15) is 0 Å². The highest BCUT2D eigenvalue weighted by Gasteiger charge is 2.26. The van der Waals surface area contributed by atoms with Crippen LogP contribution in [0.4, 0.5) is 0 Å². The molecule has 2 heterocycles. The lowest BCUT2D eigenvalue weighted by molar-refractivity contribution is -0.121. The molecule has 1 atom stereocenters. The summed E-state index contributed by atoms with van der Waals surface area (Å²) >= 11 is 0. The van der Waals surface area contributed by atoms with Crippen LogP contribution >= 0.6 is 0 Å². The van der Waals surface area contributed by atoms with Crippen LogP contribution in [0.5, 0.6) is 5.75 Å². The normalized spacial score (nSPS) is 16.5. The maximum absolute atomic E-state index is 12.6. The van der Waals surface area contributed by atoms with Crippen LogP contribution < -0.4 is 10.1 Å². The summed E-state index contributed by atoms with van der Waals surface area (Å²) in [7, 11) is 1.68. The van der Waals surface area contributed by atoms with E-state index < -0.39 is 0 Å². The zero-order chi connectivity index (χ0) is 18.3. The van der Waals surface area contributed by atoms with Gasteiger partial charge in [0, 0.05) is 22.2 Å². The first-order valence-corrected chi connectivity index (χ1v) is 8.96. The molecular formula is C20H23N3O3. The second-order valence-corrected chi connectivity index (χ2v) is 6.92. The fraction of sp³-hybridized carbons (Fsp3) is 0.400. The summed E-state index contributed by atoms with van der Waals surface area (Å²) in [6.45, 7) is 3.70. The number of aryl methyl sites for hydroxylation is 3. The summed E-state index contributed by atoms with van der Waals surface area (Å²) in [5.41, 5.74) is 5.14. The molecule has 0 unspecified atom stereocenters. The van der Waals surface area contributed by atoms with E-state index in [1.165, 1.54) is 10.9 Å². The fourth-order valence-corrected chi connectivity index (χ4v) is 3.87. The number of rotatable bonds is 4. The van der Waals surface area contributed by atoms with Gasteiger partial charge in [-0.1, -0.05) is 5.16 Å². The minimum atomic E-state index is -0.00603. The van der Waals surface area contributed by atoms with E-state index in [-0.39, 0.29) is 11.9 Å². The summed E-state index contributed by atoms with van der Waals surface area (Å²) in [5, 5.41) is 8.29. The number of aromatic nitrogens is 2. The molecule has 0 spiro atoms. The molecule has 3 aromatic rings. The number of amides is 1. The molecule has 136 valence electrons. The Labute approximate surface area is 151 Å². The average molecular weight is 353 g/mol. The number of fused-ring (bicyclic) bond motifs is 3. The Kier molecular flexibility index (Phi) is 4.18. The fourth-order valence-electron chi connectivity index (χ4n) is 3.87. The van der Waals surface area contributed by atoms with Gasteiger partial charge in [-0.25, -0.2) is 0 Å². The van der Waals surface area contributed by atoms with Gasteiger partial charge >= 0.3 is 0 Å². The van der Waals surface area contributed by atoms with E-state index in [2.05, 4.69) is 21.5 Å². The SMILES string of the molecule is COc1ccc2[nH]c3c(c2c1)CCC[C@H]3NC(=O)Cc1c(C)noc1C. The second kappa shape index (κ2) is 6.52. The molecule has 1 aromatic carbocycles. The quantitative estimate of drug-likeness (QED) is 0.752. The molecule has 6 nitrogen and oxygen atoms in total. The van der Waals surface area contributed by atoms with Crippen molar-refractivity contribution < 1.29 is 14.1 Å². The van der Waals surface area contributed by atoms with E-state index in [1.807, 2.05) is 26.0 Å². The Hall–Kier alpha value is -2.76. The van der Waals surface area contributed by atoms with E-state index in [0.29, 0.717) is 12.2 Å². The third-order valence-corrected chi connectivity index (χ3v) is 5.27. The van der Waals surface area contributed by atoms with Crippen LogP contribution in [0.3, 0.4) is 0 Å². The summed E-state index contributed by atoms with van der Waals surface area (Å²) in [6, 6.07) is 6.06. The highest BCUT2D eigenvalue weighted by Crippen LogP contribution is 2.36. The van der Waals surface area contributed by atoms with Gasteiger partial charge in [0.25, 0.3) is 0 Å². The van der Waals surface area contributed by atoms with Gasteiger partial charge in [-0.05, 0) is 56.9 Å². The molecule has 4 rings (SSSR count). The van der Waals surface area contributed by atoms with Gasteiger partial charge in [-0.15, -0.1) is 0 Å². The number of carbonyl (C=O) groups is 1. The van der Waals surface area contributed by atoms with Crippen LogP contribution in [0.1, 0.15) is 47.2 Å². The number of H-pyrrole nitrogens is 1. The largest absolute Gasteiger partial charge is 0.497 e. The summed E-state index contributed by atoms with van der Waals surface area (Å²) < 4.78 is 10.5. The predicted octanol–water partition coefficient (Wildman–Crippen LogP) is 3.52. The summed E-state index contributed by atoms with van der Waals surface area (Å²) in [6.07, 6.45) is 3.29. The minimum absolute atomic E-state index is 0.00474. The highest BCUT2D eigenvalue weighted by molar-refractivity contribution is 5.87. The topological polar surface area (TPSA) is 80.1 Å². The van der Waals surface area contributed by atoms with Crippen LogP contribution in [0, 0.1) is 13.8 Å². The van der Waals surface area contributed by atoms with Gasteiger partial charge in [0.1, 0.15) is 11.5 Å². The number of aromatic amines is 1. The molecule has 0 fully saturated rings. The van der Waals surface area contributed by atoms with Crippen LogP contribution in [-0.4, -0.2) is 23.2 Å². The molecular weight excluding hydrogens is 330 g/mol. The zero-order valence-electron chi connectivity index (χ0n) is 15.3. The Bertz CT molecular complexity index is 951. The maximum Gasteiger partial charge on any atom is 0.225 e. The van der Waals surface area contributed by atoms with Crippen molar-refractivity contribution in [1.82, 2.24) is 15.5 Å². The number of nitrogens with zero attached hydrogens (tertiary/aromatic N) is 1. The van der Waals surface area contributed by atoms with E-state index >= 15 is 0 Å². The molecule has 2 N–H and O–H groups in total. The molecule has 0 saturated carbocycles. The average Bonchev–Trinajstić information content (AvgIpc) is 3.16. The molecule has 1 aliphatic carbocycles. The first-order chi connectivity index (χ1) is 12.6. The Morgan fingerprint density at radius 1 is 1.42 bits per heavy atom. The lowest BCUT2D eigenvalue weighted by Gasteiger charge is -2.24. The number of benzene rings is 1. The Balaban J connectivity index is 1.59. The summed E-state index contributed by atoms with van der Waals surface area (Å²) in [5.74, 6) is 1.55. The molecule has 26 heavy (non-hydrogen) atoms. The highest BCUT2D eigenvalue weighted by atomic mass is 16.5. The van der Waals surface area contributed by atoms with Crippen LogP contribution in [-0.2, 0) is 17.6 Å². The molecule has 0 saturated heterocycles. The first-order valence-electron chi connectivity index (χ1n) is 8.96. The third-order valence-electron chi connectivity index (χ3n) is 5.27. The standard InChI is InChI=1S/C20H23N3O3/c1-11-15(12(2)26-23-11)10-19(24)21-18-6-4-5-14-16-9-13(25-3)7-8-17(16)22-20(14)18/h7-9,18,22H,4-6,10H2,1-3H3,(H,21,24)/t18-/m1/s1. The molecule has 0 bridgehead atoms. The van der Waals surface area contributed by atoms with Crippen molar-refractivity contribution in [3.63, 3.8) is 0 Å². The third kappa shape index (κ3) is 2.85. The monoisotopic (exact) mass is 353 g/mol. The lowest BCUT2D eigenvalue weighted by Crippen LogP contribution is -2.32. The predicted molar refractivity (Wildman–Crippen MR) is 98.4 cm³/mol. The lowest BCUT2D eigenvalue weighted by atomic mass is 9.91. The van der Waals surface area contributed by atoms with Gasteiger partial charge < -0.3 is 19.6 Å². The van der Waals surface area contributed by atoms with Crippen molar-refractivity contribution in [2.75, 3.05) is 7.11 Å². The molecule has 6 heteroatoms. The van der Waals surface area contributed by atoms with Gasteiger partial charge in [0.15, 0.2) is 0 Å². The zero-order valence-corrected chi connectivity index (χ0v) is 15.3. The summed E-state index contributed by atoms with van der Waals surface area (Å²) in [4.78, 5) is 16.1. The number of ether oxygens (including phenoxy) is 1. The minimum Gasteiger partial charge on any atom is -0.497 e. The van der Waals surface area contributed by atoms with Crippen molar-refractivity contribution in [1.29, 1.82) is 0 Å². The molecule has 1 aliphatic rings. The second-order valence-electron chi connectivity index (χ2n) is 6.92. The van der Waals surface area contributed by atoms with Gasteiger partial charge in [0.05, 0.1) is 25.3 Å². The maximum atomic E-state index is 12.6. The Morgan fingerprint density at radius 2 is 2.27 bits per heavy atom. The van der Waals surface area contributed by atoms with E-state index in [4.69, 9.17) is 9.26 Å². The smallest absolute Gasteiger partial charge is 0.225 e. The molecule has 0 radical (unpaired) electrons. The Morgan fingerprint density at radius 3 is 3.00 bits per heavy atom. The molecule has 1 amide bonds. The molecule has 2 aromatic heterocycles. The van der Waals surface area contributed by atoms with E-state index in [9.17, 15) is 4.79 Å². The van der Waals surface area contributed by atoms with Crippen molar-refractivity contribution in [2.24, 2.45) is 0 Å². The first kappa shape index (κ1) is 16.7. The van der Waals surface area contributed by atoms with Crippen molar-refractivity contribution in [3.05, 3.63) is 46.5 Å². The van der Waals surface area contributed by atoms with Crippen molar-refractivity contribution in [3.8, 4) is 5.75 Å². The number of hydrogen-bond acceptors (Lipinski definition) is 4. The van der Waals surface area contributed by atoms with E-state index in [0.717, 1.165) is 47.5 Å². The van der Waals surface area contributed by atoms with Crippen LogP contribution in [0.2, 0.25) is 0 Å². The van der Waals surface area contributed by atoms with E-state index in [1.54, 1.807) is 7.11 Å².